The minimum Gasteiger partial charge on any atom is -0.494 e. The number of carbonyl (C=O) groups excluding carboxylic acids is 1. The molecule has 120 valence electrons. The van der Waals surface area contributed by atoms with Gasteiger partial charge in [0.15, 0.2) is 6.61 Å². The van der Waals surface area contributed by atoms with Crippen molar-refractivity contribution in [3.63, 3.8) is 0 Å². The molecule has 0 saturated carbocycles. The van der Waals surface area contributed by atoms with Crippen LogP contribution in [0, 0.1) is 5.92 Å². The number of hydrogen-bond acceptors (Lipinski definition) is 4. The molecule has 6 heteroatoms. The molecule has 0 saturated heterocycles. The van der Waals surface area contributed by atoms with E-state index in [9.17, 15) is 4.79 Å². The Bertz CT molecular complexity index is 398. The van der Waals surface area contributed by atoms with Gasteiger partial charge in [0.2, 0.25) is 0 Å². The van der Waals surface area contributed by atoms with Gasteiger partial charge in [-0.1, -0.05) is 13.8 Å². The van der Waals surface area contributed by atoms with Crippen LogP contribution < -0.4 is 20.5 Å². The zero-order chi connectivity index (χ0) is 14.8. The Labute approximate surface area is 132 Å². The molecule has 0 radical (unpaired) electrons. The zero-order valence-corrected chi connectivity index (χ0v) is 13.4. The lowest BCUT2D eigenvalue weighted by Crippen LogP contribution is -2.34. The highest BCUT2D eigenvalue weighted by Gasteiger charge is 2.05. The molecule has 0 aliphatic heterocycles. The molecule has 1 aromatic rings. The maximum atomic E-state index is 11.5. The highest BCUT2D eigenvalue weighted by Crippen LogP contribution is 2.17. The first-order valence-corrected chi connectivity index (χ1v) is 6.98. The molecule has 0 heterocycles. The minimum absolute atomic E-state index is 0. The maximum absolute atomic E-state index is 11.5. The number of amides is 1. The highest BCUT2D eigenvalue weighted by atomic mass is 35.5. The fraction of sp³-hybridized carbons (Fsp3) is 0.533. The summed E-state index contributed by atoms with van der Waals surface area (Å²) in [4.78, 5) is 11.5. The summed E-state index contributed by atoms with van der Waals surface area (Å²) in [7, 11) is 0. The summed E-state index contributed by atoms with van der Waals surface area (Å²) in [6.45, 7) is 5.87. The van der Waals surface area contributed by atoms with Crippen molar-refractivity contribution >= 4 is 18.3 Å². The summed E-state index contributed by atoms with van der Waals surface area (Å²) in [5.41, 5.74) is 5.48. The predicted molar refractivity (Wildman–Crippen MR) is 86.2 cm³/mol. The van der Waals surface area contributed by atoms with Crippen LogP contribution in [-0.2, 0) is 4.79 Å². The average molecular weight is 317 g/mol. The van der Waals surface area contributed by atoms with Crippen LogP contribution >= 0.6 is 12.4 Å². The molecule has 0 aliphatic rings. The molecule has 1 amide bonds. The van der Waals surface area contributed by atoms with Crippen LogP contribution in [0.15, 0.2) is 24.3 Å². The Kier molecular flexibility index (Phi) is 10.4. The summed E-state index contributed by atoms with van der Waals surface area (Å²) >= 11 is 0. The second-order valence-corrected chi connectivity index (χ2v) is 4.75. The predicted octanol–water partition coefficient (Wildman–Crippen LogP) is 1.99. The molecule has 1 atom stereocenters. The molecule has 0 aromatic heterocycles. The van der Waals surface area contributed by atoms with Crippen molar-refractivity contribution in [2.45, 2.75) is 20.3 Å². The van der Waals surface area contributed by atoms with Gasteiger partial charge in [-0.3, -0.25) is 4.79 Å². The third kappa shape index (κ3) is 8.42. The van der Waals surface area contributed by atoms with Gasteiger partial charge in [-0.25, -0.2) is 0 Å². The van der Waals surface area contributed by atoms with E-state index in [-0.39, 0.29) is 30.8 Å². The Balaban J connectivity index is 0.00000400. The number of nitrogens with one attached hydrogen (secondary N) is 1. The summed E-state index contributed by atoms with van der Waals surface area (Å²) in [6.07, 6.45) is 0.972. The molecule has 0 fully saturated rings. The van der Waals surface area contributed by atoms with E-state index in [1.807, 2.05) is 19.1 Å². The minimum atomic E-state index is -0.142. The number of halogens is 1. The van der Waals surface area contributed by atoms with Gasteiger partial charge < -0.3 is 20.5 Å². The van der Waals surface area contributed by atoms with E-state index >= 15 is 0 Å². The van der Waals surface area contributed by atoms with Gasteiger partial charge in [-0.15, -0.1) is 12.4 Å². The number of ether oxygens (including phenoxy) is 2. The van der Waals surface area contributed by atoms with Crippen molar-refractivity contribution in [2.24, 2.45) is 11.7 Å². The van der Waals surface area contributed by atoms with Crippen molar-refractivity contribution in [3.8, 4) is 11.5 Å². The second kappa shape index (κ2) is 11.2. The van der Waals surface area contributed by atoms with Gasteiger partial charge in [0.25, 0.3) is 5.91 Å². The van der Waals surface area contributed by atoms with Crippen molar-refractivity contribution in [2.75, 3.05) is 26.3 Å². The Morgan fingerprint density at radius 3 is 2.33 bits per heavy atom. The number of benzene rings is 1. The third-order valence-corrected chi connectivity index (χ3v) is 2.72. The number of nitrogens with two attached hydrogens (primary N) is 1. The first kappa shape index (κ1) is 19.5. The first-order chi connectivity index (χ1) is 9.65. The Morgan fingerprint density at radius 1 is 1.24 bits per heavy atom. The van der Waals surface area contributed by atoms with E-state index in [0.717, 1.165) is 12.2 Å². The third-order valence-electron chi connectivity index (χ3n) is 2.72. The largest absolute Gasteiger partial charge is 0.494 e. The number of hydrogen-bond donors (Lipinski definition) is 2. The van der Waals surface area contributed by atoms with Gasteiger partial charge in [0.05, 0.1) is 6.61 Å². The molecule has 0 aliphatic carbocycles. The fourth-order valence-corrected chi connectivity index (χ4v) is 1.42. The van der Waals surface area contributed by atoms with E-state index in [1.54, 1.807) is 12.1 Å². The lowest BCUT2D eigenvalue weighted by Gasteiger charge is -2.11. The molecule has 1 unspecified atom stereocenters. The van der Waals surface area contributed by atoms with Crippen LogP contribution in [-0.4, -0.2) is 32.2 Å². The zero-order valence-electron chi connectivity index (χ0n) is 12.6. The highest BCUT2D eigenvalue weighted by molar-refractivity contribution is 5.85. The Hall–Kier alpha value is -1.46. The van der Waals surface area contributed by atoms with Crippen molar-refractivity contribution in [1.82, 2.24) is 5.32 Å². The van der Waals surface area contributed by atoms with Crippen LogP contribution in [0.25, 0.3) is 0 Å². The maximum Gasteiger partial charge on any atom is 0.257 e. The van der Waals surface area contributed by atoms with Crippen LogP contribution in [0.3, 0.4) is 0 Å². The summed E-state index contributed by atoms with van der Waals surface area (Å²) < 4.78 is 10.9. The van der Waals surface area contributed by atoms with Gasteiger partial charge in [0.1, 0.15) is 11.5 Å². The Morgan fingerprint density at radius 2 is 1.81 bits per heavy atom. The van der Waals surface area contributed by atoms with Crippen molar-refractivity contribution in [3.05, 3.63) is 24.3 Å². The van der Waals surface area contributed by atoms with Gasteiger partial charge in [-0.2, -0.15) is 0 Å². The average Bonchev–Trinajstić information content (AvgIpc) is 2.49. The smallest absolute Gasteiger partial charge is 0.257 e. The topological polar surface area (TPSA) is 73.6 Å². The van der Waals surface area contributed by atoms with E-state index in [4.69, 9.17) is 15.2 Å². The van der Waals surface area contributed by atoms with E-state index in [1.165, 1.54) is 0 Å². The van der Waals surface area contributed by atoms with E-state index < -0.39 is 0 Å². The molecule has 5 nitrogen and oxygen atoms in total. The number of rotatable bonds is 9. The van der Waals surface area contributed by atoms with Crippen LogP contribution in [0.4, 0.5) is 0 Å². The monoisotopic (exact) mass is 316 g/mol. The molecule has 0 bridgehead atoms. The van der Waals surface area contributed by atoms with Crippen LogP contribution in [0.1, 0.15) is 20.3 Å². The van der Waals surface area contributed by atoms with E-state index in [2.05, 4.69) is 12.2 Å². The van der Waals surface area contributed by atoms with E-state index in [0.29, 0.717) is 25.4 Å². The molecule has 1 rings (SSSR count). The van der Waals surface area contributed by atoms with Gasteiger partial charge in [-0.05, 0) is 43.1 Å². The molecule has 0 spiro atoms. The fourth-order valence-electron chi connectivity index (χ4n) is 1.42. The van der Waals surface area contributed by atoms with Gasteiger partial charge in [0, 0.05) is 6.54 Å². The quantitative estimate of drug-likeness (QED) is 0.730. The van der Waals surface area contributed by atoms with Crippen molar-refractivity contribution in [1.29, 1.82) is 0 Å². The molecule has 1 aromatic carbocycles. The normalized spacial score (nSPS) is 11.2. The summed E-state index contributed by atoms with van der Waals surface area (Å²) in [5.74, 6) is 1.59. The van der Waals surface area contributed by atoms with Crippen LogP contribution in [0.2, 0.25) is 0 Å². The second-order valence-electron chi connectivity index (χ2n) is 4.75. The standard InChI is InChI=1S/C15H24N2O3.ClH/c1-3-8-19-13-4-6-14(7-5-13)20-11-15(18)17-10-12(2)9-16;/h4-7,12H,3,8-11,16H2,1-2H3,(H,17,18);1H. The number of carbonyl (C=O) groups is 1. The molecule has 21 heavy (non-hydrogen) atoms. The van der Waals surface area contributed by atoms with Gasteiger partial charge >= 0.3 is 0 Å². The first-order valence-electron chi connectivity index (χ1n) is 6.98. The molecule has 3 N–H and O–H groups in total. The summed E-state index contributed by atoms with van der Waals surface area (Å²) in [5, 5.41) is 2.77. The molecular formula is C15H25ClN2O3. The lowest BCUT2D eigenvalue weighted by molar-refractivity contribution is -0.123. The SMILES string of the molecule is CCCOc1ccc(OCC(=O)NCC(C)CN)cc1.Cl. The van der Waals surface area contributed by atoms with Crippen molar-refractivity contribution < 1.29 is 14.3 Å². The lowest BCUT2D eigenvalue weighted by atomic mass is 10.2. The molecular weight excluding hydrogens is 292 g/mol. The summed E-state index contributed by atoms with van der Waals surface area (Å²) in [6, 6.07) is 7.25. The van der Waals surface area contributed by atoms with Crippen LogP contribution in [0.5, 0.6) is 11.5 Å².